The summed E-state index contributed by atoms with van der Waals surface area (Å²) < 4.78 is 9.92. The van der Waals surface area contributed by atoms with E-state index in [1.807, 2.05) is 0 Å². The molecule has 7 heteroatoms. The lowest BCUT2D eigenvalue weighted by molar-refractivity contribution is -0.115. The Kier molecular flexibility index (Phi) is 6.48. The average Bonchev–Trinajstić information content (AvgIpc) is 2.43. The Morgan fingerprint density at radius 2 is 2.05 bits per heavy atom. The van der Waals surface area contributed by atoms with Crippen molar-refractivity contribution in [1.29, 1.82) is 0 Å². The molecule has 1 amide bonds. The number of carboxylic acid groups (broad SMARTS) is 1. The van der Waals surface area contributed by atoms with Gasteiger partial charge in [0.2, 0.25) is 5.91 Å². The van der Waals surface area contributed by atoms with E-state index in [0.29, 0.717) is 24.6 Å². The topological polar surface area (TPSA) is 96.9 Å². The van der Waals surface area contributed by atoms with Crippen LogP contribution in [0.15, 0.2) is 18.2 Å². The van der Waals surface area contributed by atoms with Crippen molar-refractivity contribution in [3.8, 4) is 5.75 Å². The fourth-order valence-corrected chi connectivity index (χ4v) is 1.51. The number of anilines is 1. The molecule has 0 radical (unpaired) electrons. The number of ether oxygens (including phenoxy) is 2. The molecule has 1 aromatic rings. The Morgan fingerprint density at radius 1 is 1.30 bits per heavy atom. The number of carbonyl (C=O) groups is 2. The van der Waals surface area contributed by atoms with Crippen molar-refractivity contribution in [1.82, 2.24) is 5.32 Å². The lowest BCUT2D eigenvalue weighted by Gasteiger charge is -2.11. The van der Waals surface area contributed by atoms with Gasteiger partial charge in [-0.2, -0.15) is 0 Å². The summed E-state index contributed by atoms with van der Waals surface area (Å²) in [5.41, 5.74) is 0.402. The summed E-state index contributed by atoms with van der Waals surface area (Å²) in [6.07, 6.45) is 0. The first kappa shape index (κ1) is 15.9. The first-order valence-corrected chi connectivity index (χ1v) is 5.99. The lowest BCUT2D eigenvalue weighted by atomic mass is 10.2. The number of aromatic carboxylic acids is 1. The molecule has 1 aromatic carbocycles. The number of benzene rings is 1. The van der Waals surface area contributed by atoms with Crippen LogP contribution in [0.2, 0.25) is 0 Å². The molecule has 0 aromatic heterocycles. The normalized spacial score (nSPS) is 10.1. The summed E-state index contributed by atoms with van der Waals surface area (Å²) in [5.74, 6) is -0.955. The maximum absolute atomic E-state index is 11.7. The van der Waals surface area contributed by atoms with Gasteiger partial charge in [-0.1, -0.05) is 0 Å². The number of carboxylic acids is 1. The van der Waals surface area contributed by atoms with E-state index in [1.165, 1.54) is 25.3 Å². The van der Waals surface area contributed by atoms with Crippen molar-refractivity contribution >= 4 is 17.6 Å². The molecule has 0 saturated heterocycles. The van der Waals surface area contributed by atoms with Gasteiger partial charge in [-0.3, -0.25) is 4.79 Å². The van der Waals surface area contributed by atoms with E-state index in [0.717, 1.165) is 0 Å². The van der Waals surface area contributed by atoms with Crippen LogP contribution in [0.3, 0.4) is 0 Å². The van der Waals surface area contributed by atoms with Gasteiger partial charge >= 0.3 is 5.97 Å². The van der Waals surface area contributed by atoms with Crippen molar-refractivity contribution in [2.24, 2.45) is 0 Å². The summed E-state index contributed by atoms with van der Waals surface area (Å²) in [6.45, 7) is 1.16. The number of nitrogens with one attached hydrogen (secondary N) is 2. The molecule has 0 atom stereocenters. The molecule has 3 N–H and O–H groups in total. The van der Waals surface area contributed by atoms with Crippen molar-refractivity contribution in [2.75, 3.05) is 39.2 Å². The smallest absolute Gasteiger partial charge is 0.335 e. The predicted octanol–water partition coefficient (Wildman–Crippen LogP) is 0.568. The minimum Gasteiger partial charge on any atom is -0.495 e. The molecule has 0 bridgehead atoms. The van der Waals surface area contributed by atoms with Gasteiger partial charge in [-0.15, -0.1) is 0 Å². The van der Waals surface area contributed by atoms with Crippen molar-refractivity contribution in [3.63, 3.8) is 0 Å². The van der Waals surface area contributed by atoms with Crippen molar-refractivity contribution < 1.29 is 24.2 Å². The van der Waals surface area contributed by atoms with E-state index in [4.69, 9.17) is 14.6 Å². The third-order valence-electron chi connectivity index (χ3n) is 2.49. The number of rotatable bonds is 8. The molecule has 0 saturated carbocycles. The van der Waals surface area contributed by atoms with Crippen LogP contribution in [-0.4, -0.2) is 50.9 Å². The van der Waals surface area contributed by atoms with Crippen LogP contribution < -0.4 is 15.4 Å². The summed E-state index contributed by atoms with van der Waals surface area (Å²) in [7, 11) is 3.02. The van der Waals surface area contributed by atoms with E-state index >= 15 is 0 Å². The van der Waals surface area contributed by atoms with Gasteiger partial charge in [0.15, 0.2) is 0 Å². The maximum atomic E-state index is 11.7. The molecule has 0 aliphatic carbocycles. The summed E-state index contributed by atoms with van der Waals surface area (Å²) in [4.78, 5) is 22.6. The molecule has 7 nitrogen and oxygen atoms in total. The Bertz CT molecular complexity index is 476. The van der Waals surface area contributed by atoms with Crippen LogP contribution in [0.4, 0.5) is 5.69 Å². The Balaban J connectivity index is 2.67. The van der Waals surface area contributed by atoms with Gasteiger partial charge in [0.25, 0.3) is 0 Å². The second-order valence-electron chi connectivity index (χ2n) is 3.94. The van der Waals surface area contributed by atoms with E-state index in [-0.39, 0.29) is 18.0 Å². The number of hydrogen-bond donors (Lipinski definition) is 3. The van der Waals surface area contributed by atoms with Gasteiger partial charge in [0, 0.05) is 13.7 Å². The van der Waals surface area contributed by atoms with E-state index in [1.54, 1.807) is 7.11 Å². The third-order valence-corrected chi connectivity index (χ3v) is 2.49. The standard InChI is InChI=1S/C13H18N2O5/c1-19-6-5-14-8-12(16)15-10-7-9(13(17)18)3-4-11(10)20-2/h3-4,7,14H,5-6,8H2,1-2H3,(H,15,16)(H,17,18). The summed E-state index contributed by atoms with van der Waals surface area (Å²) in [5, 5.41) is 14.4. The van der Waals surface area contributed by atoms with Crippen molar-refractivity contribution in [3.05, 3.63) is 23.8 Å². The predicted molar refractivity (Wildman–Crippen MR) is 73.3 cm³/mol. The first-order chi connectivity index (χ1) is 9.58. The zero-order valence-corrected chi connectivity index (χ0v) is 11.4. The quantitative estimate of drug-likeness (QED) is 0.603. The summed E-state index contributed by atoms with van der Waals surface area (Å²) in [6, 6.07) is 4.26. The third kappa shape index (κ3) is 4.87. The number of hydrogen-bond acceptors (Lipinski definition) is 5. The second-order valence-corrected chi connectivity index (χ2v) is 3.94. The summed E-state index contributed by atoms with van der Waals surface area (Å²) >= 11 is 0. The van der Waals surface area contributed by atoms with E-state index < -0.39 is 5.97 Å². The highest BCUT2D eigenvalue weighted by Gasteiger charge is 2.11. The van der Waals surface area contributed by atoms with Crippen LogP contribution >= 0.6 is 0 Å². The Labute approximate surface area is 116 Å². The SMILES string of the molecule is COCCNCC(=O)Nc1cc(C(=O)O)ccc1OC. The maximum Gasteiger partial charge on any atom is 0.335 e. The van der Waals surface area contributed by atoms with Gasteiger partial charge in [-0.05, 0) is 18.2 Å². The lowest BCUT2D eigenvalue weighted by Crippen LogP contribution is -2.30. The minimum absolute atomic E-state index is 0.0773. The average molecular weight is 282 g/mol. The Morgan fingerprint density at radius 3 is 2.65 bits per heavy atom. The largest absolute Gasteiger partial charge is 0.495 e. The molecule has 0 fully saturated rings. The number of carbonyl (C=O) groups excluding carboxylic acids is 1. The highest BCUT2D eigenvalue weighted by atomic mass is 16.5. The van der Waals surface area contributed by atoms with Gasteiger partial charge in [0.05, 0.1) is 31.5 Å². The molecule has 0 heterocycles. The molecule has 20 heavy (non-hydrogen) atoms. The molecule has 0 spiro atoms. The van der Waals surface area contributed by atoms with Gasteiger partial charge in [-0.25, -0.2) is 4.79 Å². The molecular weight excluding hydrogens is 264 g/mol. The fourth-order valence-electron chi connectivity index (χ4n) is 1.51. The van der Waals surface area contributed by atoms with Crippen LogP contribution in [0.1, 0.15) is 10.4 Å². The molecule has 0 aliphatic heterocycles. The molecule has 110 valence electrons. The zero-order valence-electron chi connectivity index (χ0n) is 11.4. The van der Waals surface area contributed by atoms with Crippen LogP contribution in [0, 0.1) is 0 Å². The Hall–Kier alpha value is -2.12. The number of amides is 1. The molecule has 1 rings (SSSR count). The molecule has 0 aliphatic rings. The second kappa shape index (κ2) is 8.13. The van der Waals surface area contributed by atoms with Gasteiger partial charge in [0.1, 0.15) is 5.75 Å². The fraction of sp³-hybridized carbons (Fsp3) is 0.385. The van der Waals surface area contributed by atoms with Crippen LogP contribution in [-0.2, 0) is 9.53 Å². The zero-order chi connectivity index (χ0) is 15.0. The highest BCUT2D eigenvalue weighted by molar-refractivity contribution is 5.96. The molecular formula is C13H18N2O5. The van der Waals surface area contributed by atoms with Crippen molar-refractivity contribution in [2.45, 2.75) is 0 Å². The number of methoxy groups -OCH3 is 2. The monoisotopic (exact) mass is 282 g/mol. The van der Waals surface area contributed by atoms with E-state index in [9.17, 15) is 9.59 Å². The minimum atomic E-state index is -1.07. The van der Waals surface area contributed by atoms with Crippen LogP contribution in [0.25, 0.3) is 0 Å². The first-order valence-electron chi connectivity index (χ1n) is 5.99. The van der Waals surface area contributed by atoms with E-state index in [2.05, 4.69) is 10.6 Å². The van der Waals surface area contributed by atoms with Crippen LogP contribution in [0.5, 0.6) is 5.75 Å². The highest BCUT2D eigenvalue weighted by Crippen LogP contribution is 2.25. The molecule has 0 unspecified atom stereocenters. The van der Waals surface area contributed by atoms with Gasteiger partial charge < -0.3 is 25.2 Å².